The second kappa shape index (κ2) is 10.2. The van der Waals surface area contributed by atoms with Crippen LogP contribution in [-0.4, -0.2) is 54.0 Å². The van der Waals surface area contributed by atoms with Crippen molar-refractivity contribution in [1.82, 2.24) is 19.7 Å². The number of aromatic nitrogens is 3. The maximum Gasteiger partial charge on any atom is 0.126 e. The molecule has 0 amide bonds. The number of likely N-dealkylation sites (N-methyl/N-ethyl adjacent to an activating group) is 1. The van der Waals surface area contributed by atoms with Gasteiger partial charge in [-0.05, 0) is 61.6 Å². The second-order valence-electron chi connectivity index (χ2n) is 8.22. The van der Waals surface area contributed by atoms with Gasteiger partial charge in [-0.25, -0.2) is 4.98 Å². The summed E-state index contributed by atoms with van der Waals surface area (Å²) in [5.41, 5.74) is 11.9. The number of anilines is 2. The van der Waals surface area contributed by atoms with Gasteiger partial charge in [0, 0.05) is 42.3 Å². The highest BCUT2D eigenvalue weighted by Gasteiger charge is 2.15. The first-order valence-electron chi connectivity index (χ1n) is 10.9. The Hall–Kier alpha value is -3.84. The number of nitrogens with zero attached hydrogens (tertiary/aromatic N) is 4. The summed E-state index contributed by atoms with van der Waals surface area (Å²) in [6, 6.07) is 20.0. The number of methoxy groups -OCH3 is 1. The van der Waals surface area contributed by atoms with Gasteiger partial charge in [-0.3, -0.25) is 4.68 Å². The molecule has 0 saturated carbocycles. The van der Waals surface area contributed by atoms with Crippen molar-refractivity contribution in [2.75, 3.05) is 45.3 Å². The van der Waals surface area contributed by atoms with E-state index in [0.717, 1.165) is 52.6 Å². The van der Waals surface area contributed by atoms with Gasteiger partial charge in [0.05, 0.1) is 13.7 Å². The molecule has 33 heavy (non-hydrogen) atoms. The molecule has 0 aliphatic heterocycles. The molecule has 0 spiro atoms. The summed E-state index contributed by atoms with van der Waals surface area (Å²) >= 11 is 0. The average molecular weight is 443 g/mol. The first-order valence-corrected chi connectivity index (χ1v) is 10.9. The van der Waals surface area contributed by atoms with E-state index >= 15 is 0 Å². The van der Waals surface area contributed by atoms with Gasteiger partial charge in [0.15, 0.2) is 0 Å². The van der Waals surface area contributed by atoms with Crippen LogP contribution < -0.4 is 15.8 Å². The van der Waals surface area contributed by atoms with Crippen molar-refractivity contribution < 1.29 is 4.74 Å². The molecule has 170 valence electrons. The summed E-state index contributed by atoms with van der Waals surface area (Å²) in [6.07, 6.45) is 3.92. The van der Waals surface area contributed by atoms with E-state index in [1.165, 1.54) is 0 Å². The van der Waals surface area contributed by atoms with Crippen molar-refractivity contribution in [3.63, 3.8) is 0 Å². The van der Waals surface area contributed by atoms with E-state index in [9.17, 15) is 0 Å². The van der Waals surface area contributed by atoms with Crippen molar-refractivity contribution in [1.29, 1.82) is 0 Å². The van der Waals surface area contributed by atoms with Gasteiger partial charge in [-0.1, -0.05) is 24.3 Å². The van der Waals surface area contributed by atoms with E-state index in [4.69, 9.17) is 15.6 Å². The van der Waals surface area contributed by atoms with Crippen molar-refractivity contribution in [3.8, 4) is 28.1 Å². The molecule has 0 radical (unpaired) electrons. The molecule has 7 nitrogen and oxygen atoms in total. The third kappa shape index (κ3) is 5.70. The minimum absolute atomic E-state index is 0.651. The van der Waals surface area contributed by atoms with Gasteiger partial charge < -0.3 is 20.7 Å². The predicted octanol–water partition coefficient (Wildman–Crippen LogP) is 4.22. The molecule has 7 heteroatoms. The van der Waals surface area contributed by atoms with Crippen LogP contribution >= 0.6 is 0 Å². The summed E-state index contributed by atoms with van der Waals surface area (Å²) < 4.78 is 7.24. The maximum atomic E-state index is 6.08. The van der Waals surface area contributed by atoms with Gasteiger partial charge in [0.1, 0.15) is 17.3 Å². The lowest BCUT2D eigenvalue weighted by atomic mass is 10.0. The first kappa shape index (κ1) is 22.4. The fourth-order valence-corrected chi connectivity index (χ4v) is 3.63. The highest BCUT2D eigenvalue weighted by molar-refractivity contribution is 5.82. The Morgan fingerprint density at radius 2 is 1.85 bits per heavy atom. The number of benzene rings is 2. The van der Waals surface area contributed by atoms with E-state index in [2.05, 4.69) is 53.7 Å². The molecule has 2 aromatic carbocycles. The quantitative estimate of drug-likeness (QED) is 0.378. The van der Waals surface area contributed by atoms with E-state index < -0.39 is 0 Å². The molecule has 2 aromatic heterocycles. The van der Waals surface area contributed by atoms with Crippen LogP contribution in [0.1, 0.15) is 5.56 Å². The molecule has 0 aliphatic carbocycles. The zero-order valence-electron chi connectivity index (χ0n) is 19.3. The maximum absolute atomic E-state index is 6.08. The molecular weight excluding hydrogens is 412 g/mol. The van der Waals surface area contributed by atoms with Gasteiger partial charge in [-0.15, -0.1) is 0 Å². The Balaban J connectivity index is 1.68. The van der Waals surface area contributed by atoms with Crippen LogP contribution in [0.5, 0.6) is 5.75 Å². The smallest absolute Gasteiger partial charge is 0.126 e. The van der Waals surface area contributed by atoms with E-state index in [1.54, 1.807) is 7.11 Å². The Kier molecular flexibility index (Phi) is 6.90. The zero-order valence-corrected chi connectivity index (χ0v) is 19.3. The van der Waals surface area contributed by atoms with Crippen LogP contribution in [-0.2, 0) is 6.54 Å². The zero-order chi connectivity index (χ0) is 23.2. The Bertz CT molecular complexity index is 1200. The normalized spacial score (nSPS) is 11.0. The van der Waals surface area contributed by atoms with Crippen LogP contribution in [0.25, 0.3) is 22.4 Å². The minimum atomic E-state index is 0.651. The van der Waals surface area contributed by atoms with E-state index in [1.807, 2.05) is 53.3 Å². The topological polar surface area (TPSA) is 81.2 Å². The summed E-state index contributed by atoms with van der Waals surface area (Å²) in [6.45, 7) is 2.40. The number of nitrogen functional groups attached to an aromatic ring is 1. The number of pyridine rings is 1. The Morgan fingerprint density at radius 3 is 2.58 bits per heavy atom. The number of hydrogen-bond donors (Lipinski definition) is 2. The SMILES string of the molecule is COc1ccc(Cn2cc(-c3ccnc(NCCN(C)C)c3)c(-c3cccc(N)c3)n2)cc1. The first-order chi connectivity index (χ1) is 16.0. The highest BCUT2D eigenvalue weighted by atomic mass is 16.5. The molecule has 0 saturated heterocycles. The third-order valence-electron chi connectivity index (χ3n) is 5.36. The van der Waals surface area contributed by atoms with Crippen molar-refractivity contribution in [2.45, 2.75) is 6.54 Å². The second-order valence-corrected chi connectivity index (χ2v) is 8.22. The van der Waals surface area contributed by atoms with Gasteiger partial charge in [0.2, 0.25) is 0 Å². The number of ether oxygens (including phenoxy) is 1. The van der Waals surface area contributed by atoms with Crippen LogP contribution in [0.2, 0.25) is 0 Å². The lowest BCUT2D eigenvalue weighted by Gasteiger charge is -2.11. The number of rotatable bonds is 9. The fourth-order valence-electron chi connectivity index (χ4n) is 3.63. The lowest BCUT2D eigenvalue weighted by molar-refractivity contribution is 0.414. The average Bonchev–Trinajstić information content (AvgIpc) is 3.23. The number of nitrogens with two attached hydrogens (primary N) is 1. The fraction of sp³-hybridized carbons (Fsp3) is 0.231. The van der Waals surface area contributed by atoms with Crippen LogP contribution in [0.3, 0.4) is 0 Å². The molecule has 4 aromatic rings. The Morgan fingerprint density at radius 1 is 1.03 bits per heavy atom. The summed E-state index contributed by atoms with van der Waals surface area (Å²) in [4.78, 5) is 6.62. The molecule has 0 bridgehead atoms. The molecule has 0 fully saturated rings. The number of nitrogens with one attached hydrogen (secondary N) is 1. The van der Waals surface area contributed by atoms with Gasteiger partial charge in [-0.2, -0.15) is 5.10 Å². The standard InChI is InChI=1S/C26H30N6O/c1-31(2)14-13-29-25-16-20(11-12-28-25)24-18-32(17-19-7-9-23(33-3)10-8-19)30-26(24)21-5-4-6-22(27)15-21/h4-12,15-16,18H,13-14,17,27H2,1-3H3,(H,28,29). The molecular formula is C26H30N6O. The van der Waals surface area contributed by atoms with E-state index in [0.29, 0.717) is 12.2 Å². The molecule has 2 heterocycles. The molecule has 0 atom stereocenters. The van der Waals surface area contributed by atoms with Crippen LogP contribution in [0, 0.1) is 0 Å². The van der Waals surface area contributed by atoms with Crippen molar-refractivity contribution >= 4 is 11.5 Å². The highest BCUT2D eigenvalue weighted by Crippen LogP contribution is 2.33. The van der Waals surface area contributed by atoms with Crippen LogP contribution in [0.4, 0.5) is 11.5 Å². The van der Waals surface area contributed by atoms with E-state index in [-0.39, 0.29) is 0 Å². The minimum Gasteiger partial charge on any atom is -0.497 e. The summed E-state index contributed by atoms with van der Waals surface area (Å²) in [7, 11) is 5.78. The molecule has 0 aliphatic rings. The third-order valence-corrected chi connectivity index (χ3v) is 5.36. The lowest BCUT2D eigenvalue weighted by Crippen LogP contribution is -2.21. The van der Waals surface area contributed by atoms with Gasteiger partial charge in [0.25, 0.3) is 0 Å². The summed E-state index contributed by atoms with van der Waals surface area (Å²) in [5.74, 6) is 1.68. The Labute approximate surface area is 194 Å². The summed E-state index contributed by atoms with van der Waals surface area (Å²) in [5, 5.41) is 8.33. The van der Waals surface area contributed by atoms with Crippen LogP contribution in [0.15, 0.2) is 73.1 Å². The van der Waals surface area contributed by atoms with Crippen molar-refractivity contribution in [3.05, 3.63) is 78.6 Å². The molecule has 4 rings (SSSR count). The van der Waals surface area contributed by atoms with Gasteiger partial charge >= 0.3 is 0 Å². The molecule has 3 N–H and O–H groups in total. The van der Waals surface area contributed by atoms with Crippen molar-refractivity contribution in [2.24, 2.45) is 0 Å². The molecule has 0 unspecified atom stereocenters. The predicted molar refractivity (Wildman–Crippen MR) is 134 cm³/mol. The monoisotopic (exact) mass is 442 g/mol. The number of hydrogen-bond acceptors (Lipinski definition) is 6. The largest absolute Gasteiger partial charge is 0.497 e.